The zero-order valence-electron chi connectivity index (χ0n) is 14.1. The van der Waals surface area contributed by atoms with E-state index in [1.165, 1.54) is 19.1 Å². The molecule has 2 aromatic rings. The van der Waals surface area contributed by atoms with Crippen LogP contribution in [0, 0.1) is 12.7 Å². The molecule has 1 N–H and O–H groups in total. The second-order valence-corrected chi connectivity index (χ2v) is 5.35. The SMILES string of the molecule is COC(=O)C(=O)C=C(O)C(=O)c1nc(C)oc1CCc1ccc(F)cc1. The Morgan fingerprint density at radius 2 is 1.88 bits per heavy atom. The number of halogens is 1. The van der Waals surface area contributed by atoms with Crippen LogP contribution in [0.2, 0.25) is 0 Å². The van der Waals surface area contributed by atoms with Crippen molar-refractivity contribution in [2.45, 2.75) is 19.8 Å². The number of carbonyl (C=O) groups excluding carboxylic acids is 3. The third kappa shape index (κ3) is 4.62. The molecule has 0 spiro atoms. The van der Waals surface area contributed by atoms with Crippen molar-refractivity contribution >= 4 is 17.5 Å². The normalized spacial score (nSPS) is 11.3. The minimum absolute atomic E-state index is 0.156. The quantitative estimate of drug-likeness (QED) is 0.265. The third-order valence-corrected chi connectivity index (χ3v) is 3.46. The van der Waals surface area contributed by atoms with Gasteiger partial charge in [-0.25, -0.2) is 14.2 Å². The monoisotopic (exact) mass is 361 g/mol. The van der Waals surface area contributed by atoms with Gasteiger partial charge in [-0.05, 0) is 24.1 Å². The number of aryl methyl sites for hydroxylation is 3. The predicted octanol–water partition coefficient (Wildman–Crippen LogP) is 2.27. The Morgan fingerprint density at radius 1 is 1.23 bits per heavy atom. The number of hydrogen-bond acceptors (Lipinski definition) is 7. The molecule has 136 valence electrons. The van der Waals surface area contributed by atoms with Crippen molar-refractivity contribution in [2.24, 2.45) is 0 Å². The van der Waals surface area contributed by atoms with Crippen LogP contribution in [0.25, 0.3) is 0 Å². The fourth-order valence-electron chi connectivity index (χ4n) is 2.20. The number of carbonyl (C=O) groups is 3. The highest BCUT2D eigenvalue weighted by atomic mass is 19.1. The number of nitrogens with zero attached hydrogens (tertiary/aromatic N) is 1. The van der Waals surface area contributed by atoms with Crippen LogP contribution < -0.4 is 0 Å². The van der Waals surface area contributed by atoms with E-state index in [-0.39, 0.29) is 29.6 Å². The van der Waals surface area contributed by atoms with Gasteiger partial charge in [-0.15, -0.1) is 0 Å². The molecule has 2 rings (SSSR count). The van der Waals surface area contributed by atoms with Crippen LogP contribution in [0.5, 0.6) is 0 Å². The van der Waals surface area contributed by atoms with Crippen LogP contribution in [-0.2, 0) is 27.2 Å². The number of Topliss-reactive ketones (excluding diaryl/α,β-unsaturated/α-hetero) is 1. The second-order valence-electron chi connectivity index (χ2n) is 5.35. The van der Waals surface area contributed by atoms with E-state index >= 15 is 0 Å². The van der Waals surface area contributed by atoms with E-state index in [0.29, 0.717) is 12.5 Å². The Hall–Kier alpha value is -3.29. The van der Waals surface area contributed by atoms with Crippen molar-refractivity contribution < 1.29 is 33.0 Å². The molecule has 0 aliphatic rings. The van der Waals surface area contributed by atoms with Crippen LogP contribution >= 0.6 is 0 Å². The number of aliphatic hydroxyl groups is 1. The van der Waals surface area contributed by atoms with Gasteiger partial charge in [0.2, 0.25) is 5.78 Å². The topological polar surface area (TPSA) is 107 Å². The molecule has 0 aliphatic heterocycles. The van der Waals surface area contributed by atoms with Crippen molar-refractivity contribution in [1.29, 1.82) is 0 Å². The van der Waals surface area contributed by atoms with Crippen molar-refractivity contribution in [1.82, 2.24) is 4.98 Å². The van der Waals surface area contributed by atoms with E-state index in [1.54, 1.807) is 12.1 Å². The Bertz CT molecular complexity index is 866. The first-order valence-corrected chi connectivity index (χ1v) is 7.60. The molecule has 0 bridgehead atoms. The zero-order chi connectivity index (χ0) is 19.3. The lowest BCUT2D eigenvalue weighted by Crippen LogP contribution is -2.16. The Morgan fingerprint density at radius 3 is 2.50 bits per heavy atom. The summed E-state index contributed by atoms with van der Waals surface area (Å²) in [7, 11) is 1.00. The molecule has 8 heteroatoms. The van der Waals surface area contributed by atoms with E-state index in [4.69, 9.17) is 4.42 Å². The summed E-state index contributed by atoms with van der Waals surface area (Å²) in [6, 6.07) is 5.85. The van der Waals surface area contributed by atoms with Crippen molar-refractivity contribution in [3.05, 3.63) is 64.8 Å². The van der Waals surface area contributed by atoms with E-state index in [9.17, 15) is 23.9 Å². The molecule has 0 aliphatic carbocycles. The van der Waals surface area contributed by atoms with Crippen molar-refractivity contribution in [3.8, 4) is 0 Å². The molecule has 0 unspecified atom stereocenters. The number of hydrogen-bond donors (Lipinski definition) is 1. The van der Waals surface area contributed by atoms with Crippen LogP contribution in [0.3, 0.4) is 0 Å². The summed E-state index contributed by atoms with van der Waals surface area (Å²) in [5, 5.41) is 9.80. The highest BCUT2D eigenvalue weighted by Gasteiger charge is 2.23. The number of benzene rings is 1. The molecule has 0 amide bonds. The standard InChI is InChI=1S/C18H16FNO6/c1-10-20-16(17(23)13(21)9-14(22)18(24)25-2)15(26-10)8-5-11-3-6-12(19)7-4-11/h3-4,6-7,9,21H,5,8H2,1-2H3. The number of ether oxygens (including phenoxy) is 1. The van der Waals surface area contributed by atoms with E-state index in [2.05, 4.69) is 9.72 Å². The smallest absolute Gasteiger partial charge is 0.378 e. The minimum atomic E-state index is -1.21. The number of rotatable bonds is 7. The lowest BCUT2D eigenvalue weighted by molar-refractivity contribution is -0.149. The number of allylic oxidation sites excluding steroid dienone is 1. The summed E-state index contributed by atoms with van der Waals surface area (Å²) >= 11 is 0. The van der Waals surface area contributed by atoms with Crippen LogP contribution in [0.15, 0.2) is 40.5 Å². The molecule has 1 aromatic heterocycles. The minimum Gasteiger partial charge on any atom is -0.504 e. The average molecular weight is 361 g/mol. The predicted molar refractivity (Wildman–Crippen MR) is 87.1 cm³/mol. The number of ketones is 2. The largest absolute Gasteiger partial charge is 0.504 e. The summed E-state index contributed by atoms with van der Waals surface area (Å²) in [6.07, 6.45) is 1.19. The Kier molecular flexibility index (Phi) is 6.00. The lowest BCUT2D eigenvalue weighted by Gasteiger charge is -2.02. The fraction of sp³-hybridized carbons (Fsp3) is 0.222. The molecule has 7 nitrogen and oxygen atoms in total. The van der Waals surface area contributed by atoms with Gasteiger partial charge in [0.1, 0.15) is 11.6 Å². The molecule has 0 saturated heterocycles. The second kappa shape index (κ2) is 8.19. The highest BCUT2D eigenvalue weighted by Crippen LogP contribution is 2.17. The molecule has 1 aromatic carbocycles. The van der Waals surface area contributed by atoms with E-state index in [1.807, 2.05) is 0 Å². The van der Waals surface area contributed by atoms with Gasteiger partial charge >= 0.3 is 5.97 Å². The maximum absolute atomic E-state index is 12.9. The van der Waals surface area contributed by atoms with Gasteiger partial charge in [0.05, 0.1) is 7.11 Å². The van der Waals surface area contributed by atoms with Gasteiger partial charge in [-0.2, -0.15) is 0 Å². The summed E-state index contributed by atoms with van der Waals surface area (Å²) in [4.78, 5) is 38.7. The maximum Gasteiger partial charge on any atom is 0.378 e. The molecule has 0 fully saturated rings. The lowest BCUT2D eigenvalue weighted by atomic mass is 10.1. The first-order chi connectivity index (χ1) is 12.3. The number of aliphatic hydroxyl groups excluding tert-OH is 1. The highest BCUT2D eigenvalue weighted by molar-refractivity contribution is 6.39. The van der Waals surface area contributed by atoms with Crippen LogP contribution in [0.4, 0.5) is 4.39 Å². The van der Waals surface area contributed by atoms with Crippen LogP contribution in [-0.4, -0.2) is 34.7 Å². The summed E-state index contributed by atoms with van der Waals surface area (Å²) in [5.74, 6) is -4.23. The molecular formula is C18H16FNO6. The van der Waals surface area contributed by atoms with E-state index in [0.717, 1.165) is 12.7 Å². The van der Waals surface area contributed by atoms with Gasteiger partial charge < -0.3 is 14.3 Å². The fourth-order valence-corrected chi connectivity index (χ4v) is 2.20. The van der Waals surface area contributed by atoms with Crippen molar-refractivity contribution in [3.63, 3.8) is 0 Å². The van der Waals surface area contributed by atoms with Gasteiger partial charge in [0.25, 0.3) is 5.78 Å². The van der Waals surface area contributed by atoms with Crippen molar-refractivity contribution in [2.75, 3.05) is 7.11 Å². The number of esters is 1. The zero-order valence-corrected chi connectivity index (χ0v) is 14.1. The molecular weight excluding hydrogens is 345 g/mol. The number of aromatic nitrogens is 1. The first kappa shape index (κ1) is 19.0. The average Bonchev–Trinajstić information content (AvgIpc) is 3.00. The molecule has 26 heavy (non-hydrogen) atoms. The van der Waals surface area contributed by atoms with Gasteiger partial charge in [0, 0.05) is 19.4 Å². The van der Waals surface area contributed by atoms with Gasteiger partial charge in [0.15, 0.2) is 17.3 Å². The first-order valence-electron chi connectivity index (χ1n) is 7.60. The van der Waals surface area contributed by atoms with E-state index < -0.39 is 23.3 Å². The molecule has 0 atom stereocenters. The molecule has 1 heterocycles. The van der Waals surface area contributed by atoms with Crippen LogP contribution in [0.1, 0.15) is 27.7 Å². The molecule has 0 saturated carbocycles. The molecule has 0 radical (unpaired) electrons. The Labute approximate surface area is 148 Å². The third-order valence-electron chi connectivity index (χ3n) is 3.46. The van der Waals surface area contributed by atoms with Gasteiger partial charge in [-0.1, -0.05) is 12.1 Å². The summed E-state index contributed by atoms with van der Waals surface area (Å²) < 4.78 is 22.5. The number of methoxy groups -OCH3 is 1. The number of oxazole rings is 1. The summed E-state index contributed by atoms with van der Waals surface area (Å²) in [6.45, 7) is 1.53. The summed E-state index contributed by atoms with van der Waals surface area (Å²) in [5.41, 5.74) is 0.663. The Balaban J connectivity index is 2.18. The van der Waals surface area contributed by atoms with Gasteiger partial charge in [-0.3, -0.25) is 9.59 Å². The maximum atomic E-state index is 12.9.